The van der Waals surface area contributed by atoms with E-state index in [0.717, 1.165) is 0 Å². The topological polar surface area (TPSA) is 52.6 Å². The van der Waals surface area contributed by atoms with Crippen LogP contribution in [-0.2, 0) is 25.5 Å². The van der Waals surface area contributed by atoms with Crippen molar-refractivity contribution in [1.82, 2.24) is 0 Å². The van der Waals surface area contributed by atoms with Gasteiger partial charge in [-0.25, -0.2) is 4.79 Å². The van der Waals surface area contributed by atoms with Gasteiger partial charge in [-0.1, -0.05) is 36.9 Å². The average Bonchev–Trinajstić information content (AvgIpc) is 2.46. The summed E-state index contributed by atoms with van der Waals surface area (Å²) in [7, 11) is 2.40. The average molecular weight is 249 g/mol. The zero-order valence-corrected chi connectivity index (χ0v) is 10.4. The molecule has 0 heterocycles. The molecule has 0 spiro atoms. The van der Waals surface area contributed by atoms with E-state index in [1.165, 1.54) is 14.2 Å². The van der Waals surface area contributed by atoms with E-state index >= 15 is 0 Å². The maximum atomic E-state index is 11.8. The van der Waals surface area contributed by atoms with Crippen molar-refractivity contribution < 1.29 is 20.4 Å². The zero-order chi connectivity index (χ0) is 14.4. The second-order valence-corrected chi connectivity index (χ2v) is 3.60. The molecule has 0 saturated heterocycles. The molecule has 0 saturated carbocycles. The lowest BCUT2D eigenvalue weighted by molar-refractivity contribution is -0.147. The summed E-state index contributed by atoms with van der Waals surface area (Å²) < 4.78 is 17.3. The molecule has 0 fully saturated rings. The number of methoxy groups -OCH3 is 2. The molecular formula is C14H16O4. The van der Waals surface area contributed by atoms with Gasteiger partial charge in [0.2, 0.25) is 0 Å². The fourth-order valence-electron chi connectivity index (χ4n) is 1.45. The molecular weight excluding hydrogens is 232 g/mol. The lowest BCUT2D eigenvalue weighted by Gasteiger charge is -2.15. The highest BCUT2D eigenvalue weighted by atomic mass is 16.5. The Balaban J connectivity index is 3.08. The van der Waals surface area contributed by atoms with Gasteiger partial charge in [0, 0.05) is 6.94 Å². The summed E-state index contributed by atoms with van der Waals surface area (Å²) in [6.45, 7) is 3.55. The first-order valence-corrected chi connectivity index (χ1v) is 5.35. The van der Waals surface area contributed by atoms with E-state index < -0.39 is 24.3 Å². The number of hydrogen-bond acceptors (Lipinski definition) is 4. The third-order valence-electron chi connectivity index (χ3n) is 2.44. The highest BCUT2D eigenvalue weighted by molar-refractivity contribution is 5.95. The minimum atomic E-state index is -1.08. The first-order valence-electron chi connectivity index (χ1n) is 5.92. The summed E-state index contributed by atoms with van der Waals surface area (Å²) in [5.41, 5.74) is 0.515. The van der Waals surface area contributed by atoms with Crippen LogP contribution in [0.5, 0.6) is 0 Å². The first-order chi connectivity index (χ1) is 9.02. The predicted octanol–water partition coefficient (Wildman–Crippen LogP) is 1.75. The summed E-state index contributed by atoms with van der Waals surface area (Å²) in [6, 6.07) is 8.73. The molecule has 2 unspecified atom stereocenters. The lowest BCUT2D eigenvalue weighted by atomic mass is 9.93. The third kappa shape index (κ3) is 3.45. The van der Waals surface area contributed by atoms with Gasteiger partial charge in [0.1, 0.15) is 0 Å². The monoisotopic (exact) mass is 249 g/mol. The molecule has 1 rings (SSSR count). The summed E-state index contributed by atoms with van der Waals surface area (Å²) in [5, 5.41) is 0. The Morgan fingerprint density at radius 2 is 1.89 bits per heavy atom. The Kier molecular flexibility index (Phi) is 4.53. The van der Waals surface area contributed by atoms with Gasteiger partial charge in [0.25, 0.3) is 0 Å². The number of hydrogen-bond donors (Lipinski definition) is 0. The van der Waals surface area contributed by atoms with Gasteiger partial charge in [0.05, 0.1) is 20.1 Å². The first kappa shape index (κ1) is 12.4. The molecule has 0 N–H and O–H groups in total. The van der Waals surface area contributed by atoms with Gasteiger partial charge in [-0.15, -0.1) is 0 Å². The Morgan fingerprint density at radius 3 is 2.39 bits per heavy atom. The molecule has 96 valence electrons. The van der Waals surface area contributed by atoms with Crippen LogP contribution in [0.1, 0.15) is 6.93 Å². The minimum Gasteiger partial charge on any atom is -0.469 e. The highest BCUT2D eigenvalue weighted by Crippen LogP contribution is 2.18. The SMILES string of the molecule is [2H]C(c1ccccc1)C(C(=C)C(=O)OC)C(=O)OC. The summed E-state index contributed by atoms with van der Waals surface area (Å²) >= 11 is 0. The van der Waals surface area contributed by atoms with Crippen molar-refractivity contribution in [3.63, 3.8) is 0 Å². The van der Waals surface area contributed by atoms with E-state index in [4.69, 9.17) is 1.37 Å². The standard InChI is InChI=1S/C14H16O4/c1-10(13(15)17-2)12(14(16)18-3)9-11-7-5-4-6-8-11/h4-8,12H,1,9H2,2-3H3/i9D. The van der Waals surface area contributed by atoms with Gasteiger partial charge in [-0.2, -0.15) is 0 Å². The van der Waals surface area contributed by atoms with E-state index in [1.807, 2.05) is 0 Å². The van der Waals surface area contributed by atoms with Crippen LogP contribution in [-0.4, -0.2) is 26.2 Å². The fraction of sp³-hybridized carbons (Fsp3) is 0.286. The van der Waals surface area contributed by atoms with Crippen molar-refractivity contribution in [2.45, 2.75) is 6.40 Å². The van der Waals surface area contributed by atoms with Gasteiger partial charge < -0.3 is 9.47 Å². The Bertz CT molecular complexity index is 470. The zero-order valence-electron chi connectivity index (χ0n) is 11.4. The van der Waals surface area contributed by atoms with Gasteiger partial charge in [0.15, 0.2) is 0 Å². The van der Waals surface area contributed by atoms with Crippen molar-refractivity contribution in [3.05, 3.63) is 48.0 Å². The Labute approximate surface area is 108 Å². The van der Waals surface area contributed by atoms with E-state index in [2.05, 4.69) is 16.1 Å². The normalized spacial score (nSPS) is 14.0. The van der Waals surface area contributed by atoms with Crippen LogP contribution in [0.15, 0.2) is 42.5 Å². The molecule has 0 aliphatic heterocycles. The van der Waals surface area contributed by atoms with Crippen molar-refractivity contribution in [2.24, 2.45) is 5.92 Å². The van der Waals surface area contributed by atoms with Gasteiger partial charge in [-0.05, 0) is 12.0 Å². The van der Waals surface area contributed by atoms with E-state index in [-0.39, 0.29) is 5.57 Å². The molecule has 2 atom stereocenters. The van der Waals surface area contributed by atoms with Crippen LogP contribution in [0.25, 0.3) is 0 Å². The second-order valence-electron chi connectivity index (χ2n) is 3.60. The largest absolute Gasteiger partial charge is 0.469 e. The smallest absolute Gasteiger partial charge is 0.334 e. The molecule has 0 bridgehead atoms. The predicted molar refractivity (Wildman–Crippen MR) is 66.8 cm³/mol. The summed E-state index contributed by atoms with van der Waals surface area (Å²) in [5.74, 6) is -2.48. The molecule has 0 amide bonds. The van der Waals surface area contributed by atoms with Gasteiger partial charge >= 0.3 is 11.9 Å². The van der Waals surface area contributed by atoms with Crippen molar-refractivity contribution in [3.8, 4) is 0 Å². The van der Waals surface area contributed by atoms with Crippen LogP contribution in [0, 0.1) is 5.92 Å². The molecule has 0 aromatic heterocycles. The van der Waals surface area contributed by atoms with Crippen LogP contribution in [0.2, 0.25) is 0 Å². The molecule has 4 heteroatoms. The second kappa shape index (κ2) is 6.59. The molecule has 0 aliphatic rings. The van der Waals surface area contributed by atoms with Crippen LogP contribution in [0.3, 0.4) is 0 Å². The molecule has 0 radical (unpaired) electrons. The van der Waals surface area contributed by atoms with Crippen molar-refractivity contribution in [2.75, 3.05) is 14.2 Å². The van der Waals surface area contributed by atoms with E-state index in [0.29, 0.717) is 5.56 Å². The maximum Gasteiger partial charge on any atom is 0.334 e. The summed E-state index contributed by atoms with van der Waals surface area (Å²) in [4.78, 5) is 23.3. The van der Waals surface area contributed by atoms with Crippen LogP contribution >= 0.6 is 0 Å². The Morgan fingerprint density at radius 1 is 1.28 bits per heavy atom. The lowest BCUT2D eigenvalue weighted by Crippen LogP contribution is -2.25. The molecule has 0 aliphatic carbocycles. The highest BCUT2D eigenvalue weighted by Gasteiger charge is 2.27. The van der Waals surface area contributed by atoms with Crippen LogP contribution < -0.4 is 0 Å². The minimum absolute atomic E-state index is 0.0850. The fourth-order valence-corrected chi connectivity index (χ4v) is 1.45. The number of carbonyl (C=O) groups excluding carboxylic acids is 2. The number of rotatable bonds is 5. The molecule has 1 aromatic rings. The summed E-state index contributed by atoms with van der Waals surface area (Å²) in [6.07, 6.45) is -0.972. The van der Waals surface area contributed by atoms with E-state index in [1.54, 1.807) is 30.3 Å². The van der Waals surface area contributed by atoms with Crippen LogP contribution in [0.4, 0.5) is 0 Å². The maximum absolute atomic E-state index is 11.8. The number of esters is 2. The Hall–Kier alpha value is -2.10. The van der Waals surface area contributed by atoms with Crippen molar-refractivity contribution >= 4 is 11.9 Å². The molecule has 1 aromatic carbocycles. The van der Waals surface area contributed by atoms with Gasteiger partial charge in [-0.3, -0.25) is 4.79 Å². The van der Waals surface area contributed by atoms with E-state index in [9.17, 15) is 9.59 Å². The molecule has 18 heavy (non-hydrogen) atoms. The van der Waals surface area contributed by atoms with Crippen molar-refractivity contribution in [1.29, 1.82) is 0 Å². The number of ether oxygens (including phenoxy) is 2. The third-order valence-corrected chi connectivity index (χ3v) is 2.44. The quantitative estimate of drug-likeness (QED) is 0.589. The molecule has 4 nitrogen and oxygen atoms in total. The number of carbonyl (C=O) groups is 2. The number of benzene rings is 1.